The van der Waals surface area contributed by atoms with Crippen LogP contribution in [0.25, 0.3) is 0 Å². The van der Waals surface area contributed by atoms with Gasteiger partial charge in [-0.3, -0.25) is 13.8 Å². The molecule has 1 fully saturated rings. The van der Waals surface area contributed by atoms with Crippen LogP contribution in [0, 0.1) is 0 Å². The smallest absolute Gasteiger partial charge is 0.393 e. The fourth-order valence-corrected chi connectivity index (χ4v) is 9.06. The number of carbonyl (C=O) groups is 1. The normalized spacial score (nSPS) is 22.8. The predicted molar refractivity (Wildman–Crippen MR) is 266 cm³/mol. The van der Waals surface area contributed by atoms with Gasteiger partial charge in [-0.2, -0.15) is 0 Å². The van der Waals surface area contributed by atoms with Crippen molar-refractivity contribution in [3.63, 3.8) is 0 Å². The molecule has 0 aromatic rings. The number of hydrogen-bond donors (Lipinski definition) is 9. The Kier molecular flexibility index (Phi) is 38.8. The molecule has 13 nitrogen and oxygen atoms in total. The number of allylic oxidation sites excluding steroid dienone is 7. The van der Waals surface area contributed by atoms with Crippen molar-refractivity contribution in [3.8, 4) is 0 Å². The molecule has 8 unspecified atom stereocenters. The summed E-state index contributed by atoms with van der Waals surface area (Å²) in [7, 11) is -5.16. The van der Waals surface area contributed by atoms with Gasteiger partial charge in [-0.1, -0.05) is 184 Å². The molecule has 0 heterocycles. The zero-order chi connectivity index (χ0) is 48.7. The monoisotopic (exact) mass is 958 g/mol. The number of rotatable bonds is 43. The molecule has 66 heavy (non-hydrogen) atoms. The van der Waals surface area contributed by atoms with E-state index in [1.165, 1.54) is 128 Å². The minimum atomic E-state index is -5.16. The second-order valence-electron chi connectivity index (χ2n) is 18.5. The van der Waals surface area contributed by atoms with E-state index in [2.05, 4.69) is 55.6 Å². The van der Waals surface area contributed by atoms with E-state index in [4.69, 9.17) is 9.05 Å². The van der Waals surface area contributed by atoms with Crippen molar-refractivity contribution in [2.45, 2.75) is 268 Å². The number of nitrogens with one attached hydrogen (secondary N) is 1. The Hall–Kier alpha value is -1.74. The fourth-order valence-electron chi connectivity index (χ4n) is 8.09. The highest BCUT2D eigenvalue weighted by atomic mass is 31.2. The van der Waals surface area contributed by atoms with Crippen LogP contribution in [-0.4, -0.2) is 108 Å². The maximum Gasteiger partial charge on any atom is 0.472 e. The quantitative estimate of drug-likeness (QED) is 0.0158. The summed E-state index contributed by atoms with van der Waals surface area (Å²) in [6.45, 7) is 3.74. The molecule has 386 valence electrons. The van der Waals surface area contributed by atoms with Gasteiger partial charge in [0.2, 0.25) is 5.91 Å². The lowest BCUT2D eigenvalue weighted by Crippen LogP contribution is -2.64. The third-order valence-electron chi connectivity index (χ3n) is 12.4. The first-order valence-corrected chi connectivity index (χ1v) is 27.7. The fraction of sp³-hybridized carbons (Fsp3) is 0.827. The molecule has 14 heteroatoms. The van der Waals surface area contributed by atoms with Gasteiger partial charge >= 0.3 is 7.82 Å². The first-order chi connectivity index (χ1) is 31.8. The van der Waals surface area contributed by atoms with Crippen LogP contribution < -0.4 is 5.32 Å². The minimum absolute atomic E-state index is 0.267. The van der Waals surface area contributed by atoms with Gasteiger partial charge < -0.3 is 46.0 Å². The second-order valence-corrected chi connectivity index (χ2v) is 19.9. The van der Waals surface area contributed by atoms with Gasteiger partial charge in [-0.15, -0.1) is 0 Å². The second kappa shape index (κ2) is 41.1. The Morgan fingerprint density at radius 2 is 0.894 bits per heavy atom. The zero-order valence-electron chi connectivity index (χ0n) is 41.1. The van der Waals surface area contributed by atoms with Gasteiger partial charge in [0, 0.05) is 0 Å². The van der Waals surface area contributed by atoms with Gasteiger partial charge in [0.15, 0.2) is 0 Å². The van der Waals surface area contributed by atoms with E-state index >= 15 is 0 Å². The highest BCUT2D eigenvalue weighted by molar-refractivity contribution is 7.47. The lowest BCUT2D eigenvalue weighted by atomic mass is 9.85. The molecule has 0 saturated heterocycles. The molecule has 0 aliphatic heterocycles. The number of phosphoric acid groups is 1. The molecule has 1 saturated carbocycles. The molecule has 9 N–H and O–H groups in total. The maximum absolute atomic E-state index is 13.0. The number of amides is 1. The van der Waals surface area contributed by atoms with Crippen molar-refractivity contribution >= 4 is 13.7 Å². The van der Waals surface area contributed by atoms with Gasteiger partial charge in [0.05, 0.1) is 31.3 Å². The van der Waals surface area contributed by atoms with E-state index < -0.39 is 75.2 Å². The summed E-state index contributed by atoms with van der Waals surface area (Å²) in [5.41, 5.74) is 0. The van der Waals surface area contributed by atoms with Crippen LogP contribution in [0.3, 0.4) is 0 Å². The first-order valence-electron chi connectivity index (χ1n) is 26.2. The molecule has 0 aromatic heterocycles. The van der Waals surface area contributed by atoms with Crippen LogP contribution >= 0.6 is 7.82 Å². The summed E-state index contributed by atoms with van der Waals surface area (Å²) >= 11 is 0. The molecule has 0 radical (unpaired) electrons. The summed E-state index contributed by atoms with van der Waals surface area (Å²) in [4.78, 5) is 23.5. The minimum Gasteiger partial charge on any atom is -0.393 e. The molecule has 8 atom stereocenters. The molecular weight excluding hydrogens is 862 g/mol. The highest BCUT2D eigenvalue weighted by Gasteiger charge is 2.51. The molecule has 1 amide bonds. The first kappa shape index (κ1) is 62.3. The Labute approximate surface area is 399 Å². The van der Waals surface area contributed by atoms with Gasteiger partial charge in [0.1, 0.15) is 36.6 Å². The van der Waals surface area contributed by atoms with Crippen LogP contribution in [0.2, 0.25) is 0 Å². The number of aliphatic hydroxyl groups is 7. The number of hydrogen-bond acceptors (Lipinski definition) is 11. The third kappa shape index (κ3) is 32.1. The lowest BCUT2D eigenvalue weighted by Gasteiger charge is -2.41. The van der Waals surface area contributed by atoms with E-state index in [1.807, 2.05) is 0 Å². The summed E-state index contributed by atoms with van der Waals surface area (Å²) in [5, 5.41) is 74.6. The van der Waals surface area contributed by atoms with Crippen LogP contribution in [-0.2, 0) is 18.4 Å². The number of aliphatic hydroxyl groups excluding tert-OH is 7. The van der Waals surface area contributed by atoms with Crippen molar-refractivity contribution < 1.29 is 59.0 Å². The molecular formula is C52H96NO12P. The summed E-state index contributed by atoms with van der Waals surface area (Å²) in [6.07, 6.45) is 36.2. The Morgan fingerprint density at radius 3 is 1.33 bits per heavy atom. The SMILES string of the molecule is CCCCCCCCCCC/C=C\CCCCCC(O)CC(=O)NC(COP(=O)(O)OC1C(O)C(O)C(O)C(O)C1O)C(O)/C=C/CC/C=C/CC/C=C/CCCCCCCCCCCC. The van der Waals surface area contributed by atoms with Crippen molar-refractivity contribution in [1.29, 1.82) is 0 Å². The largest absolute Gasteiger partial charge is 0.472 e. The Morgan fingerprint density at radius 1 is 0.530 bits per heavy atom. The molecule has 1 rings (SSSR count). The molecule has 0 spiro atoms. The van der Waals surface area contributed by atoms with Crippen molar-refractivity contribution in [2.75, 3.05) is 6.61 Å². The summed E-state index contributed by atoms with van der Waals surface area (Å²) < 4.78 is 22.9. The average molecular weight is 958 g/mol. The van der Waals surface area contributed by atoms with Crippen LogP contribution in [0.15, 0.2) is 48.6 Å². The van der Waals surface area contributed by atoms with Crippen LogP contribution in [0.4, 0.5) is 0 Å². The third-order valence-corrected chi connectivity index (χ3v) is 13.3. The van der Waals surface area contributed by atoms with Crippen molar-refractivity contribution in [1.82, 2.24) is 5.32 Å². The topological polar surface area (TPSA) is 226 Å². The Bertz CT molecular complexity index is 1310. The van der Waals surface area contributed by atoms with E-state index in [0.717, 1.165) is 51.4 Å². The molecule has 0 aromatic carbocycles. The number of phosphoric ester groups is 1. The lowest BCUT2D eigenvalue weighted by molar-refractivity contribution is -0.220. The zero-order valence-corrected chi connectivity index (χ0v) is 42.0. The standard InChI is InChI=1S/C52H96NO12P/c1-3-5-7-9-11-13-15-17-19-21-22-23-24-26-28-30-32-34-36-38-40-45(55)44(42-64-66(62,63)65-52-50(60)48(58)47(57)49(59)51(52)61)53-46(56)41-43(54)39-37-35-33-31-29-27-25-20-18-16-14-12-10-8-6-4-2/h23-24,27,29-30,32,38,40,43-45,47-52,54-55,57-61H,3-22,25-26,28,31,33-37,39,41-42H2,1-2H3,(H,53,56)(H,62,63)/b24-23+,29-27-,32-30+,40-38+. The predicted octanol–water partition coefficient (Wildman–Crippen LogP) is 9.87. The average Bonchev–Trinajstić information content (AvgIpc) is 3.29. The molecule has 1 aliphatic carbocycles. The summed E-state index contributed by atoms with van der Waals surface area (Å²) in [6, 6.07) is -1.27. The van der Waals surface area contributed by atoms with Gasteiger partial charge in [0.25, 0.3) is 0 Å². The number of unbranched alkanes of at least 4 members (excludes halogenated alkanes) is 24. The van der Waals surface area contributed by atoms with E-state index in [1.54, 1.807) is 6.08 Å². The van der Waals surface area contributed by atoms with Gasteiger partial charge in [-0.05, 0) is 70.6 Å². The number of carbonyl (C=O) groups excluding carboxylic acids is 1. The maximum atomic E-state index is 13.0. The van der Waals surface area contributed by atoms with E-state index in [-0.39, 0.29) is 6.42 Å². The summed E-state index contributed by atoms with van der Waals surface area (Å²) in [5.74, 6) is -0.615. The van der Waals surface area contributed by atoms with E-state index in [9.17, 15) is 50.0 Å². The highest BCUT2D eigenvalue weighted by Crippen LogP contribution is 2.47. The van der Waals surface area contributed by atoms with Gasteiger partial charge in [-0.25, -0.2) is 4.57 Å². The van der Waals surface area contributed by atoms with Crippen molar-refractivity contribution in [2.24, 2.45) is 0 Å². The van der Waals surface area contributed by atoms with E-state index in [0.29, 0.717) is 19.3 Å². The van der Waals surface area contributed by atoms with Crippen LogP contribution in [0.1, 0.15) is 213 Å². The molecule has 1 aliphatic rings. The molecule has 0 bridgehead atoms. The van der Waals surface area contributed by atoms with Crippen LogP contribution in [0.5, 0.6) is 0 Å². The Balaban J connectivity index is 2.54. The van der Waals surface area contributed by atoms with Crippen molar-refractivity contribution in [3.05, 3.63) is 48.6 Å².